The van der Waals surface area contributed by atoms with Gasteiger partial charge in [0.25, 0.3) is 0 Å². The maximum atomic E-state index is 10.9. The molecular weight excluding hydrogens is 166 g/mol. The maximum Gasteiger partial charge on any atom is 0.248 e. The molecule has 1 atom stereocenters. The van der Waals surface area contributed by atoms with Crippen LogP contribution in [0.5, 0.6) is 0 Å². The molecule has 0 radical (unpaired) electrons. The molecule has 1 amide bonds. The summed E-state index contributed by atoms with van der Waals surface area (Å²) < 4.78 is 0. The van der Waals surface area contributed by atoms with Crippen molar-refractivity contribution in [2.45, 2.75) is 52.1 Å². The summed E-state index contributed by atoms with van der Waals surface area (Å²) in [5, 5.41) is 11.5. The van der Waals surface area contributed by atoms with Gasteiger partial charge >= 0.3 is 0 Å². The van der Waals surface area contributed by atoms with Gasteiger partial charge in [0.05, 0.1) is 0 Å². The highest BCUT2D eigenvalue weighted by atomic mass is 16.3. The topological polar surface area (TPSA) is 49.3 Å². The second kappa shape index (κ2) is 8.05. The van der Waals surface area contributed by atoms with Crippen LogP contribution in [0.25, 0.3) is 0 Å². The number of amides is 1. The molecule has 0 aliphatic rings. The highest BCUT2D eigenvalue weighted by molar-refractivity contribution is 5.79. The Morgan fingerprint density at radius 3 is 2.46 bits per heavy atom. The SMILES string of the molecule is CCCCCCCNC(=O)C(C)O. The molecule has 0 spiro atoms. The molecule has 0 fully saturated rings. The van der Waals surface area contributed by atoms with Crippen LogP contribution in [0.4, 0.5) is 0 Å². The van der Waals surface area contributed by atoms with Gasteiger partial charge in [-0.2, -0.15) is 0 Å². The van der Waals surface area contributed by atoms with Crippen LogP contribution in [0.2, 0.25) is 0 Å². The van der Waals surface area contributed by atoms with Crippen molar-refractivity contribution in [3.8, 4) is 0 Å². The summed E-state index contributed by atoms with van der Waals surface area (Å²) in [7, 11) is 0. The summed E-state index contributed by atoms with van der Waals surface area (Å²) in [5.41, 5.74) is 0. The lowest BCUT2D eigenvalue weighted by Crippen LogP contribution is -2.33. The molecule has 0 rings (SSSR count). The third kappa shape index (κ3) is 7.78. The van der Waals surface area contributed by atoms with Crippen molar-refractivity contribution in [3.05, 3.63) is 0 Å². The van der Waals surface area contributed by atoms with E-state index in [4.69, 9.17) is 5.11 Å². The number of hydrogen-bond donors (Lipinski definition) is 2. The number of hydrogen-bond acceptors (Lipinski definition) is 2. The van der Waals surface area contributed by atoms with E-state index in [2.05, 4.69) is 12.2 Å². The fourth-order valence-electron chi connectivity index (χ4n) is 1.09. The first-order chi connectivity index (χ1) is 6.18. The van der Waals surface area contributed by atoms with Crippen LogP contribution >= 0.6 is 0 Å². The first-order valence-electron chi connectivity index (χ1n) is 5.14. The van der Waals surface area contributed by atoms with Gasteiger partial charge in [0, 0.05) is 6.54 Å². The van der Waals surface area contributed by atoms with Crippen molar-refractivity contribution in [2.24, 2.45) is 0 Å². The van der Waals surface area contributed by atoms with E-state index in [9.17, 15) is 4.79 Å². The second-order valence-electron chi connectivity index (χ2n) is 3.38. The number of nitrogens with one attached hydrogen (secondary N) is 1. The summed E-state index contributed by atoms with van der Waals surface area (Å²) in [6.07, 6.45) is 5.04. The van der Waals surface area contributed by atoms with E-state index in [0.717, 1.165) is 12.8 Å². The number of carbonyl (C=O) groups is 1. The number of aliphatic hydroxyl groups is 1. The largest absolute Gasteiger partial charge is 0.384 e. The quantitative estimate of drug-likeness (QED) is 0.593. The van der Waals surface area contributed by atoms with Crippen LogP contribution in [0.1, 0.15) is 46.0 Å². The molecule has 0 aromatic carbocycles. The van der Waals surface area contributed by atoms with Crippen LogP contribution < -0.4 is 5.32 Å². The molecule has 0 heterocycles. The molecule has 0 aliphatic carbocycles. The lowest BCUT2D eigenvalue weighted by atomic mass is 10.1. The van der Waals surface area contributed by atoms with E-state index >= 15 is 0 Å². The van der Waals surface area contributed by atoms with Gasteiger partial charge < -0.3 is 10.4 Å². The lowest BCUT2D eigenvalue weighted by molar-refractivity contribution is -0.128. The fourth-order valence-corrected chi connectivity index (χ4v) is 1.09. The zero-order valence-corrected chi connectivity index (χ0v) is 8.68. The molecule has 13 heavy (non-hydrogen) atoms. The van der Waals surface area contributed by atoms with E-state index < -0.39 is 6.10 Å². The Bertz CT molecular complexity index is 135. The summed E-state index contributed by atoms with van der Waals surface area (Å²) in [6, 6.07) is 0. The van der Waals surface area contributed by atoms with Crippen molar-refractivity contribution < 1.29 is 9.90 Å². The zero-order chi connectivity index (χ0) is 10.1. The summed E-state index contributed by atoms with van der Waals surface area (Å²) in [6.45, 7) is 4.34. The van der Waals surface area contributed by atoms with Gasteiger partial charge in [-0.05, 0) is 13.3 Å². The average molecular weight is 187 g/mol. The zero-order valence-electron chi connectivity index (χ0n) is 8.68. The Labute approximate surface area is 80.5 Å². The normalized spacial score (nSPS) is 12.5. The summed E-state index contributed by atoms with van der Waals surface area (Å²) >= 11 is 0. The highest BCUT2D eigenvalue weighted by Gasteiger charge is 2.05. The van der Waals surface area contributed by atoms with Gasteiger partial charge in [0.1, 0.15) is 6.10 Å². The number of rotatable bonds is 7. The van der Waals surface area contributed by atoms with Crippen LogP contribution in [0.3, 0.4) is 0 Å². The molecule has 0 bridgehead atoms. The van der Waals surface area contributed by atoms with E-state index in [1.807, 2.05) is 0 Å². The molecule has 0 aromatic rings. The molecule has 3 nitrogen and oxygen atoms in total. The van der Waals surface area contributed by atoms with E-state index in [1.54, 1.807) is 0 Å². The van der Waals surface area contributed by atoms with Crippen LogP contribution in [0, 0.1) is 0 Å². The Morgan fingerprint density at radius 1 is 1.31 bits per heavy atom. The minimum atomic E-state index is -0.879. The first kappa shape index (κ1) is 12.4. The molecule has 0 aromatic heterocycles. The number of aliphatic hydroxyl groups excluding tert-OH is 1. The number of unbranched alkanes of at least 4 members (excludes halogenated alkanes) is 4. The first-order valence-corrected chi connectivity index (χ1v) is 5.14. The van der Waals surface area contributed by atoms with Gasteiger partial charge in [0.2, 0.25) is 5.91 Å². The smallest absolute Gasteiger partial charge is 0.248 e. The van der Waals surface area contributed by atoms with Gasteiger partial charge in [-0.3, -0.25) is 4.79 Å². The molecule has 0 saturated heterocycles. The predicted molar refractivity (Wildman–Crippen MR) is 53.4 cm³/mol. The predicted octanol–water partition coefficient (Wildman–Crippen LogP) is 1.45. The molecule has 1 unspecified atom stereocenters. The van der Waals surface area contributed by atoms with Crippen molar-refractivity contribution in [1.29, 1.82) is 0 Å². The van der Waals surface area contributed by atoms with Crippen molar-refractivity contribution in [3.63, 3.8) is 0 Å². The Balaban J connectivity index is 3.12. The van der Waals surface area contributed by atoms with Gasteiger partial charge in [-0.15, -0.1) is 0 Å². The standard InChI is InChI=1S/C10H21NO2/c1-3-4-5-6-7-8-11-10(13)9(2)12/h9,12H,3-8H2,1-2H3,(H,11,13). The summed E-state index contributed by atoms with van der Waals surface area (Å²) in [4.78, 5) is 10.9. The molecular formula is C10H21NO2. The van der Waals surface area contributed by atoms with Crippen molar-refractivity contribution >= 4 is 5.91 Å². The van der Waals surface area contributed by atoms with Gasteiger partial charge in [0.15, 0.2) is 0 Å². The highest BCUT2D eigenvalue weighted by Crippen LogP contribution is 2.00. The van der Waals surface area contributed by atoms with E-state index in [1.165, 1.54) is 26.2 Å². The lowest BCUT2D eigenvalue weighted by Gasteiger charge is -2.06. The van der Waals surface area contributed by atoms with Crippen molar-refractivity contribution in [1.82, 2.24) is 5.32 Å². The fraction of sp³-hybridized carbons (Fsp3) is 0.900. The van der Waals surface area contributed by atoms with E-state index in [0.29, 0.717) is 6.54 Å². The number of carbonyl (C=O) groups excluding carboxylic acids is 1. The molecule has 0 saturated carbocycles. The van der Waals surface area contributed by atoms with Crippen LogP contribution in [-0.2, 0) is 4.79 Å². The Hall–Kier alpha value is -0.570. The third-order valence-corrected chi connectivity index (χ3v) is 1.96. The molecule has 3 heteroatoms. The Morgan fingerprint density at radius 2 is 1.92 bits per heavy atom. The minimum Gasteiger partial charge on any atom is -0.384 e. The molecule has 78 valence electrons. The second-order valence-corrected chi connectivity index (χ2v) is 3.38. The van der Waals surface area contributed by atoms with Crippen LogP contribution in [-0.4, -0.2) is 23.7 Å². The molecule has 2 N–H and O–H groups in total. The minimum absolute atomic E-state index is 0.268. The van der Waals surface area contributed by atoms with Crippen LogP contribution in [0.15, 0.2) is 0 Å². The van der Waals surface area contributed by atoms with Gasteiger partial charge in [-0.1, -0.05) is 32.6 Å². The third-order valence-electron chi connectivity index (χ3n) is 1.96. The maximum absolute atomic E-state index is 10.9. The monoisotopic (exact) mass is 187 g/mol. The van der Waals surface area contributed by atoms with E-state index in [-0.39, 0.29) is 5.91 Å². The van der Waals surface area contributed by atoms with Gasteiger partial charge in [-0.25, -0.2) is 0 Å². The molecule has 0 aliphatic heterocycles. The Kier molecular flexibility index (Phi) is 7.69. The van der Waals surface area contributed by atoms with Crippen molar-refractivity contribution in [2.75, 3.05) is 6.54 Å². The summed E-state index contributed by atoms with van der Waals surface area (Å²) in [5.74, 6) is -0.268. The average Bonchev–Trinajstić information content (AvgIpc) is 2.10.